The summed E-state index contributed by atoms with van der Waals surface area (Å²) in [4.78, 5) is 21.1. The number of hydrogen-bond acceptors (Lipinski definition) is 3. The molecule has 0 aromatic heterocycles. The molecule has 1 saturated heterocycles. The van der Waals surface area contributed by atoms with E-state index in [1.165, 1.54) is 12.8 Å². The molecule has 2 rings (SSSR count). The van der Waals surface area contributed by atoms with Crippen molar-refractivity contribution < 1.29 is 4.79 Å². The summed E-state index contributed by atoms with van der Waals surface area (Å²) in [6, 6.07) is 0.295. The number of aliphatic imine (C=N–C) groups is 1. The van der Waals surface area contributed by atoms with Crippen molar-refractivity contribution in [2.24, 2.45) is 10.9 Å². The van der Waals surface area contributed by atoms with Crippen molar-refractivity contribution in [1.82, 2.24) is 20.4 Å². The molecule has 0 bridgehead atoms. The molecule has 1 aliphatic carbocycles. The molecule has 0 aromatic rings. The quantitative estimate of drug-likeness (QED) is 0.370. The average molecular weight is 465 g/mol. The summed E-state index contributed by atoms with van der Waals surface area (Å²) in [5.41, 5.74) is 0.0533. The first kappa shape index (κ1) is 22.5. The van der Waals surface area contributed by atoms with Crippen molar-refractivity contribution in [1.29, 1.82) is 0 Å². The van der Waals surface area contributed by atoms with Crippen molar-refractivity contribution in [3.63, 3.8) is 0 Å². The number of hydrogen-bond donors (Lipinski definition) is 2. The third-order valence-corrected chi connectivity index (χ3v) is 5.67. The standard InChI is InChI=1S/C18H35N5O.HI/c1-18(2,22(4)5)13-20-17(19-3)21-15-10-11-23(12-15)16(24)14-8-6-7-9-14;/h14-15H,6-13H2,1-5H3,(H2,19,20,21);1H. The first-order chi connectivity index (χ1) is 11.3. The van der Waals surface area contributed by atoms with Crippen molar-refractivity contribution in [3.8, 4) is 0 Å². The van der Waals surface area contributed by atoms with E-state index in [1.807, 2.05) is 4.90 Å². The summed E-state index contributed by atoms with van der Waals surface area (Å²) in [6.45, 7) is 6.88. The first-order valence-corrected chi connectivity index (χ1v) is 9.27. The van der Waals surface area contributed by atoms with Gasteiger partial charge in [0.15, 0.2) is 5.96 Å². The summed E-state index contributed by atoms with van der Waals surface area (Å²) in [5.74, 6) is 1.47. The van der Waals surface area contributed by atoms with Gasteiger partial charge in [0, 0.05) is 44.2 Å². The summed E-state index contributed by atoms with van der Waals surface area (Å²) >= 11 is 0. The third kappa shape index (κ3) is 6.27. The lowest BCUT2D eigenvalue weighted by atomic mass is 10.0. The van der Waals surface area contributed by atoms with Gasteiger partial charge < -0.3 is 20.4 Å². The van der Waals surface area contributed by atoms with E-state index in [1.54, 1.807) is 7.05 Å². The molecule has 146 valence electrons. The predicted octanol–water partition coefficient (Wildman–Crippen LogP) is 1.90. The molecule has 0 radical (unpaired) electrons. The lowest BCUT2D eigenvalue weighted by molar-refractivity contribution is -0.134. The van der Waals surface area contributed by atoms with Gasteiger partial charge in [0.25, 0.3) is 0 Å². The summed E-state index contributed by atoms with van der Waals surface area (Å²) in [6.07, 6.45) is 5.58. The monoisotopic (exact) mass is 465 g/mol. The topological polar surface area (TPSA) is 60.0 Å². The Labute approximate surface area is 170 Å². The molecule has 6 nitrogen and oxygen atoms in total. The van der Waals surface area contributed by atoms with Crippen molar-refractivity contribution >= 4 is 35.8 Å². The fraction of sp³-hybridized carbons (Fsp3) is 0.889. The van der Waals surface area contributed by atoms with Crippen LogP contribution in [-0.2, 0) is 4.79 Å². The van der Waals surface area contributed by atoms with Gasteiger partial charge in [-0.15, -0.1) is 24.0 Å². The molecular weight excluding hydrogens is 429 g/mol. The number of guanidine groups is 1. The SMILES string of the molecule is CN=C(NCC(C)(C)N(C)C)NC1CCN(C(=O)C2CCCC2)C1.I. The second kappa shape index (κ2) is 9.94. The van der Waals surface area contributed by atoms with Crippen molar-refractivity contribution in [3.05, 3.63) is 0 Å². The second-order valence-corrected chi connectivity index (χ2v) is 8.03. The van der Waals surface area contributed by atoms with Gasteiger partial charge in [-0.05, 0) is 47.2 Å². The molecule has 2 fully saturated rings. The van der Waals surface area contributed by atoms with Gasteiger partial charge in [0.2, 0.25) is 5.91 Å². The molecule has 0 spiro atoms. The number of nitrogens with one attached hydrogen (secondary N) is 2. The van der Waals surface area contributed by atoms with Crippen LogP contribution in [0.4, 0.5) is 0 Å². The van der Waals surface area contributed by atoms with Crippen LogP contribution < -0.4 is 10.6 Å². The molecule has 1 aliphatic heterocycles. The van der Waals surface area contributed by atoms with Gasteiger partial charge in [-0.25, -0.2) is 0 Å². The van der Waals surface area contributed by atoms with Crippen LogP contribution in [0.2, 0.25) is 0 Å². The molecule has 25 heavy (non-hydrogen) atoms. The zero-order chi connectivity index (χ0) is 17.7. The molecule has 2 aliphatic rings. The minimum atomic E-state index is 0. The summed E-state index contributed by atoms with van der Waals surface area (Å²) in [5, 5.41) is 6.89. The van der Waals surface area contributed by atoms with Crippen LogP contribution >= 0.6 is 24.0 Å². The Kier molecular flexibility index (Phi) is 8.94. The molecule has 0 aromatic carbocycles. The number of rotatable bonds is 5. The van der Waals surface area contributed by atoms with Crippen LogP contribution in [0, 0.1) is 5.92 Å². The van der Waals surface area contributed by atoms with Gasteiger partial charge in [0.05, 0.1) is 0 Å². The zero-order valence-electron chi connectivity index (χ0n) is 16.5. The van der Waals surface area contributed by atoms with E-state index in [9.17, 15) is 4.79 Å². The molecule has 1 saturated carbocycles. The molecule has 1 heterocycles. The van der Waals surface area contributed by atoms with E-state index in [2.05, 4.69) is 48.5 Å². The normalized spacial score (nSPS) is 22.2. The summed E-state index contributed by atoms with van der Waals surface area (Å²) < 4.78 is 0. The van der Waals surface area contributed by atoms with Gasteiger partial charge >= 0.3 is 0 Å². The highest BCUT2D eigenvalue weighted by Crippen LogP contribution is 2.27. The molecule has 1 atom stereocenters. The number of carbonyl (C=O) groups is 1. The van der Waals surface area contributed by atoms with E-state index in [0.29, 0.717) is 11.9 Å². The number of likely N-dealkylation sites (tertiary alicyclic amines) is 1. The molecule has 1 amide bonds. The average Bonchev–Trinajstić information content (AvgIpc) is 3.22. The first-order valence-electron chi connectivity index (χ1n) is 9.27. The Balaban J connectivity index is 0.00000312. The van der Waals surface area contributed by atoms with Crippen LogP contribution in [0.5, 0.6) is 0 Å². The molecule has 7 heteroatoms. The van der Waals surface area contributed by atoms with Crippen LogP contribution in [-0.4, -0.2) is 74.0 Å². The number of amides is 1. The maximum absolute atomic E-state index is 12.5. The van der Waals surface area contributed by atoms with Crippen LogP contribution in [0.15, 0.2) is 4.99 Å². The van der Waals surface area contributed by atoms with Gasteiger partial charge in [0.1, 0.15) is 0 Å². The maximum Gasteiger partial charge on any atom is 0.225 e. The van der Waals surface area contributed by atoms with E-state index >= 15 is 0 Å². The highest BCUT2D eigenvalue weighted by molar-refractivity contribution is 14.0. The Morgan fingerprint density at radius 1 is 1.24 bits per heavy atom. The van der Waals surface area contributed by atoms with Gasteiger partial charge in [-0.1, -0.05) is 12.8 Å². The lowest BCUT2D eigenvalue weighted by Crippen LogP contribution is -2.52. The zero-order valence-corrected chi connectivity index (χ0v) is 18.8. The van der Waals surface area contributed by atoms with Crippen molar-refractivity contribution in [2.45, 2.75) is 57.5 Å². The third-order valence-electron chi connectivity index (χ3n) is 5.67. The Hall–Kier alpha value is -0.570. The molecule has 2 N–H and O–H groups in total. The van der Waals surface area contributed by atoms with Gasteiger partial charge in [-0.2, -0.15) is 0 Å². The Bertz CT molecular complexity index is 460. The fourth-order valence-electron chi connectivity index (χ4n) is 3.36. The van der Waals surface area contributed by atoms with E-state index in [0.717, 1.165) is 44.9 Å². The number of likely N-dealkylation sites (N-methyl/N-ethyl adjacent to an activating group) is 1. The maximum atomic E-state index is 12.5. The second-order valence-electron chi connectivity index (χ2n) is 8.03. The Morgan fingerprint density at radius 2 is 1.88 bits per heavy atom. The van der Waals surface area contributed by atoms with Gasteiger partial charge in [-0.3, -0.25) is 9.79 Å². The van der Waals surface area contributed by atoms with Crippen molar-refractivity contribution in [2.75, 3.05) is 40.8 Å². The van der Waals surface area contributed by atoms with E-state index in [4.69, 9.17) is 0 Å². The minimum absolute atomic E-state index is 0. The molecule has 1 unspecified atom stereocenters. The van der Waals surface area contributed by atoms with Crippen LogP contribution in [0.1, 0.15) is 46.0 Å². The largest absolute Gasteiger partial charge is 0.355 e. The van der Waals surface area contributed by atoms with E-state index in [-0.39, 0.29) is 35.4 Å². The minimum Gasteiger partial charge on any atom is -0.355 e. The van der Waals surface area contributed by atoms with Crippen LogP contribution in [0.3, 0.4) is 0 Å². The predicted molar refractivity (Wildman–Crippen MR) is 115 cm³/mol. The highest BCUT2D eigenvalue weighted by Gasteiger charge is 2.32. The highest BCUT2D eigenvalue weighted by atomic mass is 127. The Morgan fingerprint density at radius 3 is 2.44 bits per heavy atom. The lowest BCUT2D eigenvalue weighted by Gasteiger charge is -2.33. The fourth-order valence-corrected chi connectivity index (χ4v) is 3.36. The number of nitrogens with zero attached hydrogens (tertiary/aromatic N) is 3. The van der Waals surface area contributed by atoms with E-state index < -0.39 is 0 Å². The smallest absolute Gasteiger partial charge is 0.225 e. The summed E-state index contributed by atoms with van der Waals surface area (Å²) in [7, 11) is 5.97. The van der Waals surface area contributed by atoms with Crippen LogP contribution in [0.25, 0.3) is 0 Å². The number of carbonyl (C=O) groups excluding carboxylic acids is 1. The number of halogens is 1. The molecular formula is C18H36IN5O.